The number of aromatic nitrogens is 2. The second-order valence-corrected chi connectivity index (χ2v) is 9.69. The van der Waals surface area contributed by atoms with Gasteiger partial charge in [-0.15, -0.1) is 10.2 Å². The maximum atomic E-state index is 13.0. The third-order valence-electron chi connectivity index (χ3n) is 5.69. The molecule has 5 aromatic rings. The van der Waals surface area contributed by atoms with Crippen LogP contribution in [0.3, 0.4) is 0 Å². The number of nitrogens with zero attached hydrogens (tertiary/aromatic N) is 2. The summed E-state index contributed by atoms with van der Waals surface area (Å²) < 4.78 is 50.4. The van der Waals surface area contributed by atoms with Gasteiger partial charge in [0.05, 0.1) is 12.0 Å². The highest BCUT2D eigenvalue weighted by atomic mass is 32.1. The Kier molecular flexibility index (Phi) is 8.07. The Morgan fingerprint density at radius 3 is 2.25 bits per heavy atom. The molecule has 0 saturated heterocycles. The SMILES string of the molecule is O=C(Cc1ccc(OCc2ccccc2)cc1)Nc1nnc(-c2cccc(Oc3cccc(C(F)(F)F)c3)c2)s1. The average Bonchev–Trinajstić information content (AvgIpc) is 3.41. The molecule has 202 valence electrons. The van der Waals surface area contributed by atoms with Crippen molar-refractivity contribution < 1.29 is 27.4 Å². The number of halogens is 3. The van der Waals surface area contributed by atoms with Crippen LogP contribution in [0.25, 0.3) is 10.6 Å². The van der Waals surface area contributed by atoms with Crippen molar-refractivity contribution >= 4 is 22.4 Å². The minimum atomic E-state index is -4.46. The van der Waals surface area contributed by atoms with E-state index in [4.69, 9.17) is 9.47 Å². The van der Waals surface area contributed by atoms with Gasteiger partial charge >= 0.3 is 6.18 Å². The number of ether oxygens (including phenoxy) is 2. The molecule has 0 atom stereocenters. The van der Waals surface area contributed by atoms with E-state index in [2.05, 4.69) is 15.5 Å². The third-order valence-corrected chi connectivity index (χ3v) is 6.57. The van der Waals surface area contributed by atoms with Gasteiger partial charge in [0.15, 0.2) is 0 Å². The summed E-state index contributed by atoms with van der Waals surface area (Å²) in [5.74, 6) is 0.866. The minimum absolute atomic E-state index is 0.0629. The zero-order valence-electron chi connectivity index (χ0n) is 20.9. The lowest BCUT2D eigenvalue weighted by Crippen LogP contribution is -2.14. The van der Waals surface area contributed by atoms with Crippen LogP contribution < -0.4 is 14.8 Å². The minimum Gasteiger partial charge on any atom is -0.489 e. The summed E-state index contributed by atoms with van der Waals surface area (Å²) in [7, 11) is 0. The number of hydrogen-bond acceptors (Lipinski definition) is 6. The molecular weight excluding hydrogens is 539 g/mol. The number of carbonyl (C=O) groups is 1. The molecule has 0 aliphatic carbocycles. The first kappa shape index (κ1) is 26.9. The first-order valence-corrected chi connectivity index (χ1v) is 13.0. The van der Waals surface area contributed by atoms with Crippen LogP contribution in [-0.4, -0.2) is 16.1 Å². The van der Waals surface area contributed by atoms with Crippen LogP contribution in [0.1, 0.15) is 16.7 Å². The molecular formula is C30H22F3N3O3S. The number of amides is 1. The Balaban J connectivity index is 1.17. The number of nitrogens with one attached hydrogen (secondary N) is 1. The van der Waals surface area contributed by atoms with E-state index in [9.17, 15) is 18.0 Å². The monoisotopic (exact) mass is 561 g/mol. The van der Waals surface area contributed by atoms with Crippen molar-refractivity contribution in [3.63, 3.8) is 0 Å². The Bertz CT molecular complexity index is 1590. The fourth-order valence-corrected chi connectivity index (χ4v) is 4.50. The summed E-state index contributed by atoms with van der Waals surface area (Å²) in [4.78, 5) is 12.6. The molecule has 0 radical (unpaired) electrons. The predicted octanol–water partition coefficient (Wildman–Crippen LogP) is 7.78. The number of hydrogen-bond donors (Lipinski definition) is 1. The van der Waals surface area contributed by atoms with Gasteiger partial charge in [0, 0.05) is 5.56 Å². The van der Waals surface area contributed by atoms with Gasteiger partial charge in [0.25, 0.3) is 0 Å². The molecule has 1 N–H and O–H groups in total. The molecule has 1 amide bonds. The smallest absolute Gasteiger partial charge is 0.416 e. The molecule has 1 heterocycles. The van der Waals surface area contributed by atoms with Crippen LogP contribution in [0, 0.1) is 0 Å². The highest BCUT2D eigenvalue weighted by Gasteiger charge is 2.30. The zero-order chi connectivity index (χ0) is 28.0. The van der Waals surface area contributed by atoms with E-state index >= 15 is 0 Å². The van der Waals surface area contributed by atoms with Crippen molar-refractivity contribution in [3.8, 4) is 27.8 Å². The summed E-state index contributed by atoms with van der Waals surface area (Å²) in [6, 6.07) is 28.6. The number of rotatable bonds is 9. The molecule has 0 spiro atoms. The maximum absolute atomic E-state index is 13.0. The van der Waals surface area contributed by atoms with E-state index < -0.39 is 11.7 Å². The van der Waals surface area contributed by atoms with Crippen LogP contribution in [0.4, 0.5) is 18.3 Å². The zero-order valence-corrected chi connectivity index (χ0v) is 21.7. The Labute approximate surface area is 232 Å². The van der Waals surface area contributed by atoms with E-state index in [0.717, 1.165) is 23.3 Å². The molecule has 5 rings (SSSR count). The van der Waals surface area contributed by atoms with E-state index in [1.165, 1.54) is 23.5 Å². The van der Waals surface area contributed by atoms with Crippen LogP contribution >= 0.6 is 11.3 Å². The lowest BCUT2D eigenvalue weighted by atomic mass is 10.1. The molecule has 0 fully saturated rings. The van der Waals surface area contributed by atoms with Gasteiger partial charge in [-0.25, -0.2) is 0 Å². The van der Waals surface area contributed by atoms with Crippen LogP contribution in [0.15, 0.2) is 103 Å². The van der Waals surface area contributed by atoms with E-state index in [1.54, 1.807) is 24.3 Å². The molecule has 10 heteroatoms. The van der Waals surface area contributed by atoms with E-state index in [0.29, 0.717) is 33.8 Å². The summed E-state index contributed by atoms with van der Waals surface area (Å²) in [5, 5.41) is 11.8. The average molecular weight is 562 g/mol. The van der Waals surface area contributed by atoms with Gasteiger partial charge in [0.1, 0.15) is 28.9 Å². The Hall–Kier alpha value is -4.70. The summed E-state index contributed by atoms with van der Waals surface area (Å²) in [6.07, 6.45) is -4.32. The molecule has 0 unspecified atom stereocenters. The fourth-order valence-electron chi connectivity index (χ4n) is 3.75. The first-order chi connectivity index (χ1) is 19.3. The molecule has 0 aliphatic heterocycles. The van der Waals surface area contributed by atoms with Gasteiger partial charge in [0.2, 0.25) is 11.0 Å². The molecule has 6 nitrogen and oxygen atoms in total. The van der Waals surface area contributed by atoms with E-state index in [-0.39, 0.29) is 18.1 Å². The largest absolute Gasteiger partial charge is 0.489 e. The standard InChI is InChI=1S/C30H22F3N3O3S/c31-30(32,33)23-9-5-11-26(18-23)39-25-10-4-8-22(17-25)28-35-36-29(40-28)34-27(37)16-20-12-14-24(15-13-20)38-19-21-6-2-1-3-7-21/h1-15,17-18H,16,19H2,(H,34,36,37). The first-order valence-electron chi connectivity index (χ1n) is 12.2. The number of carbonyl (C=O) groups excluding carboxylic acids is 1. The summed E-state index contributed by atoms with van der Waals surface area (Å²) in [6.45, 7) is 0.459. The number of benzene rings is 4. The molecule has 40 heavy (non-hydrogen) atoms. The lowest BCUT2D eigenvalue weighted by molar-refractivity contribution is -0.137. The van der Waals surface area contributed by atoms with Crippen LogP contribution in [-0.2, 0) is 24.0 Å². The van der Waals surface area contributed by atoms with Crippen molar-refractivity contribution in [1.29, 1.82) is 0 Å². The fraction of sp³-hybridized carbons (Fsp3) is 0.100. The van der Waals surface area contributed by atoms with Crippen LogP contribution in [0.2, 0.25) is 0 Å². The maximum Gasteiger partial charge on any atom is 0.416 e. The van der Waals surface area contributed by atoms with Crippen molar-refractivity contribution in [3.05, 3.63) is 120 Å². The molecule has 0 saturated carbocycles. The van der Waals surface area contributed by atoms with Crippen molar-refractivity contribution in [1.82, 2.24) is 10.2 Å². The van der Waals surface area contributed by atoms with Crippen molar-refractivity contribution in [2.45, 2.75) is 19.2 Å². The number of anilines is 1. The van der Waals surface area contributed by atoms with Gasteiger partial charge < -0.3 is 14.8 Å². The molecule has 1 aromatic heterocycles. The van der Waals surface area contributed by atoms with Crippen molar-refractivity contribution in [2.24, 2.45) is 0 Å². The van der Waals surface area contributed by atoms with Gasteiger partial charge in [-0.05, 0) is 53.6 Å². The van der Waals surface area contributed by atoms with Crippen molar-refractivity contribution in [2.75, 3.05) is 5.32 Å². The second kappa shape index (κ2) is 12.0. The lowest BCUT2D eigenvalue weighted by Gasteiger charge is -2.10. The Morgan fingerprint density at radius 1 is 0.775 bits per heavy atom. The molecule has 0 bridgehead atoms. The number of alkyl halides is 3. The summed E-state index contributed by atoms with van der Waals surface area (Å²) in [5.41, 5.74) is 1.73. The Morgan fingerprint density at radius 2 is 1.50 bits per heavy atom. The third kappa shape index (κ3) is 7.23. The second-order valence-electron chi connectivity index (χ2n) is 8.71. The van der Waals surface area contributed by atoms with Gasteiger partial charge in [-0.1, -0.05) is 72.0 Å². The normalized spacial score (nSPS) is 11.2. The van der Waals surface area contributed by atoms with Gasteiger partial charge in [-0.3, -0.25) is 4.79 Å². The molecule has 4 aromatic carbocycles. The van der Waals surface area contributed by atoms with Crippen LogP contribution in [0.5, 0.6) is 17.2 Å². The highest BCUT2D eigenvalue weighted by Crippen LogP contribution is 2.34. The predicted molar refractivity (Wildman–Crippen MR) is 146 cm³/mol. The molecule has 0 aliphatic rings. The topological polar surface area (TPSA) is 73.3 Å². The van der Waals surface area contributed by atoms with E-state index in [1.807, 2.05) is 54.6 Å². The summed E-state index contributed by atoms with van der Waals surface area (Å²) >= 11 is 1.17. The quantitative estimate of drug-likeness (QED) is 0.199. The van der Waals surface area contributed by atoms with Gasteiger partial charge in [-0.2, -0.15) is 13.2 Å². The highest BCUT2D eigenvalue weighted by molar-refractivity contribution is 7.18.